The standard InChI is InChI=1S/C13H12ClN3O3/c14-10-2-1-3-11(6-10)16-13(20)9-7-15-17(8-9)5-4-12(18)19/h1-3,6-8H,4-5H2,(H,16,20)(H,18,19). The molecule has 0 fully saturated rings. The Balaban J connectivity index is 2.01. The Labute approximate surface area is 120 Å². The number of carbonyl (C=O) groups excluding carboxylic acids is 1. The van der Waals surface area contributed by atoms with Crippen LogP contribution in [0.1, 0.15) is 16.8 Å². The molecule has 0 bridgehead atoms. The van der Waals surface area contributed by atoms with Crippen LogP contribution in [0.3, 0.4) is 0 Å². The third kappa shape index (κ3) is 3.83. The predicted molar refractivity (Wildman–Crippen MR) is 73.9 cm³/mol. The van der Waals surface area contributed by atoms with Gasteiger partial charge in [0.05, 0.1) is 24.7 Å². The van der Waals surface area contributed by atoms with Crippen molar-refractivity contribution in [2.75, 3.05) is 5.32 Å². The van der Waals surface area contributed by atoms with Crippen LogP contribution in [-0.4, -0.2) is 26.8 Å². The van der Waals surface area contributed by atoms with Crippen LogP contribution >= 0.6 is 11.6 Å². The van der Waals surface area contributed by atoms with E-state index >= 15 is 0 Å². The summed E-state index contributed by atoms with van der Waals surface area (Å²) in [6, 6.07) is 6.79. The monoisotopic (exact) mass is 293 g/mol. The number of carboxylic acid groups (broad SMARTS) is 1. The van der Waals surface area contributed by atoms with E-state index in [0.717, 1.165) is 0 Å². The molecule has 104 valence electrons. The molecule has 6 nitrogen and oxygen atoms in total. The lowest BCUT2D eigenvalue weighted by Crippen LogP contribution is -2.11. The van der Waals surface area contributed by atoms with Gasteiger partial charge in [-0.1, -0.05) is 17.7 Å². The van der Waals surface area contributed by atoms with Crippen molar-refractivity contribution < 1.29 is 14.7 Å². The second kappa shape index (κ2) is 6.21. The summed E-state index contributed by atoms with van der Waals surface area (Å²) in [5, 5.41) is 15.7. The van der Waals surface area contributed by atoms with E-state index in [1.807, 2.05) is 0 Å². The summed E-state index contributed by atoms with van der Waals surface area (Å²) in [5.74, 6) is -1.24. The zero-order valence-corrected chi connectivity index (χ0v) is 11.2. The van der Waals surface area contributed by atoms with Crippen molar-refractivity contribution in [2.45, 2.75) is 13.0 Å². The van der Waals surface area contributed by atoms with Crippen molar-refractivity contribution in [1.82, 2.24) is 9.78 Å². The lowest BCUT2D eigenvalue weighted by Gasteiger charge is -2.03. The topological polar surface area (TPSA) is 84.2 Å². The zero-order chi connectivity index (χ0) is 14.5. The van der Waals surface area contributed by atoms with Gasteiger partial charge in [0.25, 0.3) is 5.91 Å². The van der Waals surface area contributed by atoms with E-state index in [0.29, 0.717) is 16.3 Å². The highest BCUT2D eigenvalue weighted by Gasteiger charge is 2.09. The van der Waals surface area contributed by atoms with Gasteiger partial charge in [0.1, 0.15) is 0 Å². The summed E-state index contributed by atoms with van der Waals surface area (Å²) in [4.78, 5) is 22.4. The highest BCUT2D eigenvalue weighted by molar-refractivity contribution is 6.30. The lowest BCUT2D eigenvalue weighted by molar-refractivity contribution is -0.137. The molecule has 0 unspecified atom stereocenters. The van der Waals surface area contributed by atoms with Crippen molar-refractivity contribution in [2.24, 2.45) is 0 Å². The molecule has 2 aromatic rings. The molecule has 7 heteroatoms. The van der Waals surface area contributed by atoms with Crippen molar-refractivity contribution in [1.29, 1.82) is 0 Å². The summed E-state index contributed by atoms with van der Waals surface area (Å²) < 4.78 is 1.42. The van der Waals surface area contributed by atoms with E-state index in [1.165, 1.54) is 17.1 Å². The van der Waals surface area contributed by atoms with Gasteiger partial charge < -0.3 is 10.4 Å². The maximum Gasteiger partial charge on any atom is 0.305 e. The normalized spacial score (nSPS) is 10.2. The van der Waals surface area contributed by atoms with E-state index in [4.69, 9.17) is 16.7 Å². The highest BCUT2D eigenvalue weighted by atomic mass is 35.5. The fraction of sp³-hybridized carbons (Fsp3) is 0.154. The predicted octanol–water partition coefficient (Wildman–Crippen LogP) is 2.26. The Morgan fingerprint density at radius 2 is 2.20 bits per heavy atom. The first-order chi connectivity index (χ1) is 9.54. The van der Waals surface area contributed by atoms with Crippen LogP contribution in [0.25, 0.3) is 0 Å². The molecule has 1 aromatic carbocycles. The minimum Gasteiger partial charge on any atom is -0.481 e. The van der Waals surface area contributed by atoms with E-state index in [9.17, 15) is 9.59 Å². The molecule has 20 heavy (non-hydrogen) atoms. The highest BCUT2D eigenvalue weighted by Crippen LogP contribution is 2.15. The number of aromatic nitrogens is 2. The van der Waals surface area contributed by atoms with Gasteiger partial charge in [0.2, 0.25) is 0 Å². The summed E-state index contributed by atoms with van der Waals surface area (Å²) in [6.45, 7) is 0.222. The first-order valence-electron chi connectivity index (χ1n) is 5.86. The number of hydrogen-bond donors (Lipinski definition) is 2. The molecule has 0 saturated heterocycles. The Bertz CT molecular complexity index is 639. The molecular weight excluding hydrogens is 282 g/mol. The molecule has 1 heterocycles. The minimum absolute atomic E-state index is 0.0446. The van der Waals surface area contributed by atoms with Crippen LogP contribution in [0.5, 0.6) is 0 Å². The quantitative estimate of drug-likeness (QED) is 0.885. The maximum absolute atomic E-state index is 12.0. The van der Waals surface area contributed by atoms with Gasteiger partial charge in [-0.2, -0.15) is 5.10 Å². The van der Waals surface area contributed by atoms with Gasteiger partial charge >= 0.3 is 5.97 Å². The van der Waals surface area contributed by atoms with Crippen LogP contribution in [0.15, 0.2) is 36.7 Å². The molecule has 2 N–H and O–H groups in total. The molecule has 0 radical (unpaired) electrons. The Morgan fingerprint density at radius 3 is 2.90 bits per heavy atom. The van der Waals surface area contributed by atoms with Gasteiger partial charge in [0.15, 0.2) is 0 Å². The smallest absolute Gasteiger partial charge is 0.305 e. The fourth-order valence-corrected chi connectivity index (χ4v) is 1.77. The zero-order valence-electron chi connectivity index (χ0n) is 10.4. The number of amides is 1. The largest absolute Gasteiger partial charge is 0.481 e. The van der Waals surface area contributed by atoms with E-state index in [2.05, 4.69) is 10.4 Å². The fourth-order valence-electron chi connectivity index (χ4n) is 1.58. The molecule has 2 rings (SSSR count). The summed E-state index contributed by atoms with van der Waals surface area (Å²) in [7, 11) is 0. The average Bonchev–Trinajstić information content (AvgIpc) is 2.85. The van der Waals surface area contributed by atoms with Gasteiger partial charge in [0, 0.05) is 16.9 Å². The number of carboxylic acids is 1. The van der Waals surface area contributed by atoms with E-state index in [-0.39, 0.29) is 18.9 Å². The van der Waals surface area contributed by atoms with Crippen molar-refractivity contribution >= 4 is 29.2 Å². The second-order valence-corrected chi connectivity index (χ2v) is 4.54. The number of nitrogens with one attached hydrogen (secondary N) is 1. The Hall–Kier alpha value is -2.34. The molecule has 0 aliphatic rings. The van der Waals surface area contributed by atoms with Gasteiger partial charge in [-0.3, -0.25) is 14.3 Å². The molecule has 0 spiro atoms. The lowest BCUT2D eigenvalue weighted by atomic mass is 10.3. The number of carbonyl (C=O) groups is 2. The summed E-state index contributed by atoms with van der Waals surface area (Å²) in [5.41, 5.74) is 0.941. The number of halogens is 1. The van der Waals surface area contributed by atoms with Crippen LogP contribution in [-0.2, 0) is 11.3 Å². The third-order valence-electron chi connectivity index (χ3n) is 2.53. The van der Waals surface area contributed by atoms with Crippen LogP contribution in [0.2, 0.25) is 5.02 Å². The van der Waals surface area contributed by atoms with Crippen molar-refractivity contribution in [3.63, 3.8) is 0 Å². The Kier molecular flexibility index (Phi) is 4.37. The first-order valence-corrected chi connectivity index (χ1v) is 6.23. The van der Waals surface area contributed by atoms with E-state index in [1.54, 1.807) is 24.3 Å². The molecular formula is C13H12ClN3O3. The minimum atomic E-state index is -0.912. The van der Waals surface area contributed by atoms with Gasteiger partial charge in [-0.05, 0) is 18.2 Å². The molecule has 0 saturated carbocycles. The van der Waals surface area contributed by atoms with Crippen LogP contribution in [0.4, 0.5) is 5.69 Å². The van der Waals surface area contributed by atoms with Crippen LogP contribution < -0.4 is 5.32 Å². The SMILES string of the molecule is O=C(O)CCn1cc(C(=O)Nc2cccc(Cl)c2)cn1. The first kappa shape index (κ1) is 14.1. The van der Waals surface area contributed by atoms with Crippen LogP contribution in [0, 0.1) is 0 Å². The summed E-state index contributed by atoms with van der Waals surface area (Å²) in [6.07, 6.45) is 2.85. The number of anilines is 1. The average molecular weight is 294 g/mol. The maximum atomic E-state index is 12.0. The number of aryl methyl sites for hydroxylation is 1. The summed E-state index contributed by atoms with van der Waals surface area (Å²) >= 11 is 5.83. The molecule has 1 aromatic heterocycles. The number of nitrogens with zero attached hydrogens (tertiary/aromatic N) is 2. The van der Waals surface area contributed by atoms with Gasteiger partial charge in [-0.15, -0.1) is 0 Å². The van der Waals surface area contributed by atoms with Crippen molar-refractivity contribution in [3.05, 3.63) is 47.2 Å². The number of benzene rings is 1. The third-order valence-corrected chi connectivity index (χ3v) is 2.77. The number of aliphatic carboxylic acids is 1. The molecule has 1 amide bonds. The number of hydrogen-bond acceptors (Lipinski definition) is 3. The van der Waals surface area contributed by atoms with Crippen molar-refractivity contribution in [3.8, 4) is 0 Å². The molecule has 0 aliphatic heterocycles. The number of rotatable bonds is 5. The van der Waals surface area contributed by atoms with E-state index < -0.39 is 5.97 Å². The molecule has 0 atom stereocenters. The second-order valence-electron chi connectivity index (χ2n) is 4.10. The molecule has 0 aliphatic carbocycles. The Morgan fingerprint density at radius 1 is 1.40 bits per heavy atom. The van der Waals surface area contributed by atoms with Gasteiger partial charge in [-0.25, -0.2) is 0 Å².